The maximum Gasteiger partial charge on any atom is 0.228 e. The predicted molar refractivity (Wildman–Crippen MR) is 75.3 cm³/mol. The van der Waals surface area contributed by atoms with E-state index in [1.54, 1.807) is 4.90 Å². The number of anilines is 1. The summed E-state index contributed by atoms with van der Waals surface area (Å²) in [7, 11) is 0. The molecule has 5 heteroatoms. The number of nitrogens with zero attached hydrogens (tertiary/aromatic N) is 1. The van der Waals surface area contributed by atoms with Gasteiger partial charge in [0.1, 0.15) is 0 Å². The van der Waals surface area contributed by atoms with Gasteiger partial charge >= 0.3 is 0 Å². The van der Waals surface area contributed by atoms with Gasteiger partial charge in [0.15, 0.2) is 0 Å². The topological polar surface area (TPSA) is 72.8 Å². The number of likely N-dealkylation sites (tertiary alicyclic amines) is 1. The minimum atomic E-state index is -0.821. The van der Waals surface area contributed by atoms with Gasteiger partial charge in [-0.1, -0.05) is 18.2 Å². The van der Waals surface area contributed by atoms with Crippen LogP contribution in [0.25, 0.3) is 0 Å². The second-order valence-electron chi connectivity index (χ2n) is 5.78. The van der Waals surface area contributed by atoms with E-state index in [0.717, 1.165) is 11.3 Å². The lowest BCUT2D eigenvalue weighted by Crippen LogP contribution is -2.45. The maximum absolute atomic E-state index is 12.6. The molecule has 3 N–H and O–H groups in total. The first-order chi connectivity index (χ1) is 9.56. The standard InChI is InChI=1S/C15H20N2O3/c1-9-11(6-10-4-2-3-5-12(10)16-9)15(20)17-7-13(18)14(19)8-17/h2-5,9,11,13-14,16,18-19H,6-8H2,1H3. The van der Waals surface area contributed by atoms with Gasteiger partial charge in [0.2, 0.25) is 5.91 Å². The number of hydrogen-bond acceptors (Lipinski definition) is 4. The van der Waals surface area contributed by atoms with Gasteiger partial charge < -0.3 is 20.4 Å². The third-order valence-corrected chi connectivity index (χ3v) is 4.33. The summed E-state index contributed by atoms with van der Waals surface area (Å²) >= 11 is 0. The Hall–Kier alpha value is -1.59. The average Bonchev–Trinajstić information content (AvgIpc) is 2.77. The first kappa shape index (κ1) is 13.4. The number of hydrogen-bond donors (Lipinski definition) is 3. The number of carbonyl (C=O) groups is 1. The van der Waals surface area contributed by atoms with Crippen LogP contribution < -0.4 is 5.32 Å². The van der Waals surface area contributed by atoms with Crippen molar-refractivity contribution in [1.82, 2.24) is 4.90 Å². The lowest BCUT2D eigenvalue weighted by molar-refractivity contribution is -0.135. The van der Waals surface area contributed by atoms with E-state index in [9.17, 15) is 15.0 Å². The molecule has 1 aromatic rings. The number of nitrogens with one attached hydrogen (secondary N) is 1. The van der Waals surface area contributed by atoms with Gasteiger partial charge in [-0.3, -0.25) is 4.79 Å². The van der Waals surface area contributed by atoms with E-state index >= 15 is 0 Å². The highest BCUT2D eigenvalue weighted by molar-refractivity contribution is 5.82. The highest BCUT2D eigenvalue weighted by Crippen LogP contribution is 2.30. The fraction of sp³-hybridized carbons (Fsp3) is 0.533. The summed E-state index contributed by atoms with van der Waals surface area (Å²) in [6, 6.07) is 8.06. The summed E-state index contributed by atoms with van der Waals surface area (Å²) < 4.78 is 0. The van der Waals surface area contributed by atoms with Gasteiger partial charge in [-0.05, 0) is 25.0 Å². The molecular formula is C15H20N2O3. The van der Waals surface area contributed by atoms with Gasteiger partial charge in [0, 0.05) is 24.8 Å². The molecule has 1 amide bonds. The van der Waals surface area contributed by atoms with Gasteiger partial charge in [0.25, 0.3) is 0 Å². The molecule has 4 unspecified atom stereocenters. The van der Waals surface area contributed by atoms with Crippen LogP contribution in [0.2, 0.25) is 0 Å². The summed E-state index contributed by atoms with van der Waals surface area (Å²) in [4.78, 5) is 14.2. The van der Waals surface area contributed by atoms with Gasteiger partial charge in [-0.25, -0.2) is 0 Å². The molecule has 108 valence electrons. The maximum atomic E-state index is 12.6. The van der Waals surface area contributed by atoms with Crippen molar-refractivity contribution in [2.75, 3.05) is 18.4 Å². The molecule has 0 bridgehead atoms. The minimum absolute atomic E-state index is 0.00935. The number of amides is 1. The monoisotopic (exact) mass is 276 g/mol. The van der Waals surface area contributed by atoms with E-state index in [4.69, 9.17) is 0 Å². The second kappa shape index (κ2) is 5.07. The SMILES string of the molecule is CC1Nc2ccccc2CC1C(=O)N1CC(O)C(O)C1. The Balaban J connectivity index is 1.76. The van der Waals surface area contributed by atoms with Gasteiger partial charge in [-0.2, -0.15) is 0 Å². The Morgan fingerprint density at radius 3 is 2.60 bits per heavy atom. The van der Waals surface area contributed by atoms with Crippen LogP contribution in [0.5, 0.6) is 0 Å². The van der Waals surface area contributed by atoms with Gasteiger partial charge in [0.05, 0.1) is 18.1 Å². The van der Waals surface area contributed by atoms with Crippen molar-refractivity contribution >= 4 is 11.6 Å². The largest absolute Gasteiger partial charge is 0.388 e. The lowest BCUT2D eigenvalue weighted by Gasteiger charge is -2.33. The summed E-state index contributed by atoms with van der Waals surface area (Å²) in [6.07, 6.45) is -0.942. The Bertz CT molecular complexity index is 510. The van der Waals surface area contributed by atoms with Gasteiger partial charge in [-0.15, -0.1) is 0 Å². The number of fused-ring (bicyclic) bond motifs is 1. The molecule has 20 heavy (non-hydrogen) atoms. The fourth-order valence-electron chi connectivity index (χ4n) is 3.08. The average molecular weight is 276 g/mol. The zero-order chi connectivity index (χ0) is 14.3. The molecule has 0 spiro atoms. The minimum Gasteiger partial charge on any atom is -0.388 e. The molecule has 1 fully saturated rings. The molecule has 0 radical (unpaired) electrons. The Labute approximate surface area is 118 Å². The first-order valence-electron chi connectivity index (χ1n) is 7.05. The summed E-state index contributed by atoms with van der Waals surface area (Å²) in [5.74, 6) is -0.141. The van der Waals surface area contributed by atoms with Crippen molar-refractivity contribution in [2.45, 2.75) is 31.6 Å². The second-order valence-corrected chi connectivity index (χ2v) is 5.78. The molecular weight excluding hydrogens is 256 g/mol. The predicted octanol–water partition coefficient (Wildman–Crippen LogP) is 0.223. The van der Waals surface area contributed by atoms with E-state index in [1.807, 2.05) is 31.2 Å². The quantitative estimate of drug-likeness (QED) is 0.686. The summed E-state index contributed by atoms with van der Waals surface area (Å²) in [5, 5.41) is 22.5. The van der Waals surface area contributed by atoms with E-state index < -0.39 is 12.2 Å². The fourth-order valence-corrected chi connectivity index (χ4v) is 3.08. The Kier molecular flexibility index (Phi) is 3.40. The van der Waals surface area contributed by atoms with Crippen LogP contribution >= 0.6 is 0 Å². The summed E-state index contributed by atoms with van der Waals surface area (Å²) in [5.41, 5.74) is 2.23. The van der Waals surface area contributed by atoms with Crippen LogP contribution in [-0.4, -0.2) is 52.4 Å². The molecule has 2 heterocycles. The number of aliphatic hydroxyl groups is 2. The molecule has 2 aliphatic heterocycles. The summed E-state index contributed by atoms with van der Waals surface area (Å²) in [6.45, 7) is 2.46. The van der Waals surface area contributed by atoms with Crippen molar-refractivity contribution < 1.29 is 15.0 Å². The molecule has 0 aliphatic carbocycles. The highest BCUT2D eigenvalue weighted by Gasteiger charge is 2.38. The third kappa shape index (κ3) is 2.27. The van der Waals surface area contributed by atoms with Crippen molar-refractivity contribution in [3.05, 3.63) is 29.8 Å². The van der Waals surface area contributed by atoms with E-state index in [-0.39, 0.29) is 31.0 Å². The molecule has 0 aromatic heterocycles. The van der Waals surface area contributed by atoms with E-state index in [0.29, 0.717) is 6.42 Å². The lowest BCUT2D eigenvalue weighted by atomic mass is 9.87. The van der Waals surface area contributed by atoms with Crippen molar-refractivity contribution in [2.24, 2.45) is 5.92 Å². The number of para-hydroxylation sites is 1. The normalized spacial score (nSPS) is 32.6. The molecule has 0 saturated carbocycles. The number of β-amino-alcohol motifs (C(OH)–C–C–N with tert-alkyl or cyclic N) is 2. The number of aliphatic hydroxyl groups excluding tert-OH is 2. The molecule has 3 rings (SSSR count). The van der Waals surface area contributed by atoms with Crippen LogP contribution in [0.4, 0.5) is 5.69 Å². The number of rotatable bonds is 1. The Morgan fingerprint density at radius 2 is 1.90 bits per heavy atom. The smallest absolute Gasteiger partial charge is 0.228 e. The number of carbonyl (C=O) groups excluding carboxylic acids is 1. The molecule has 1 saturated heterocycles. The zero-order valence-electron chi connectivity index (χ0n) is 11.5. The van der Waals surface area contributed by atoms with E-state index in [1.165, 1.54) is 0 Å². The third-order valence-electron chi connectivity index (χ3n) is 4.33. The van der Waals surface area contributed by atoms with Crippen molar-refractivity contribution in [3.63, 3.8) is 0 Å². The van der Waals surface area contributed by atoms with Crippen LogP contribution in [0.3, 0.4) is 0 Å². The molecule has 2 aliphatic rings. The van der Waals surface area contributed by atoms with E-state index in [2.05, 4.69) is 5.32 Å². The Morgan fingerprint density at radius 1 is 1.25 bits per heavy atom. The van der Waals surface area contributed by atoms with Crippen molar-refractivity contribution in [3.8, 4) is 0 Å². The number of benzene rings is 1. The van der Waals surface area contributed by atoms with Crippen molar-refractivity contribution in [1.29, 1.82) is 0 Å². The van der Waals surface area contributed by atoms with Crippen LogP contribution in [0, 0.1) is 5.92 Å². The molecule has 5 nitrogen and oxygen atoms in total. The molecule has 1 aromatic carbocycles. The molecule has 4 atom stereocenters. The van der Waals surface area contributed by atoms with Crippen LogP contribution in [0.15, 0.2) is 24.3 Å². The zero-order valence-corrected chi connectivity index (χ0v) is 11.5. The first-order valence-corrected chi connectivity index (χ1v) is 7.05. The van der Waals surface area contributed by atoms with Crippen LogP contribution in [0.1, 0.15) is 12.5 Å². The van der Waals surface area contributed by atoms with Crippen LogP contribution in [-0.2, 0) is 11.2 Å². The highest BCUT2D eigenvalue weighted by atomic mass is 16.3.